The maximum Gasteiger partial charge on any atom is 0.230 e. The number of nitrogens with zero attached hydrogens (tertiary/aromatic N) is 3. The van der Waals surface area contributed by atoms with Gasteiger partial charge in [-0.05, 0) is 63.3 Å². The van der Waals surface area contributed by atoms with Crippen molar-refractivity contribution in [1.29, 1.82) is 0 Å². The number of anilines is 4. The van der Waals surface area contributed by atoms with Gasteiger partial charge in [-0.25, -0.2) is 4.98 Å². The fourth-order valence-corrected chi connectivity index (χ4v) is 5.22. The van der Waals surface area contributed by atoms with Gasteiger partial charge in [0.2, 0.25) is 5.91 Å². The average Bonchev–Trinajstić information content (AvgIpc) is 3.05. The number of nitrogens with one attached hydrogen (secondary N) is 1. The summed E-state index contributed by atoms with van der Waals surface area (Å²) in [5.74, 6) is 1.06. The summed E-state index contributed by atoms with van der Waals surface area (Å²) < 4.78 is 11.7. The lowest BCUT2D eigenvalue weighted by Crippen LogP contribution is -2.39. The standard InChI is InChI=1S/C27H36N4O3/c1-3-19(2)34-23-9-6-20(7-10-23)27(32)31-18-21-5-4-12-28-26(21)29-24-11-8-22(17-25(24)31)30-13-15-33-16-14-30/h4-5,8,11-12,17,19-20,23H,3,6-7,9-10,13-16,18H2,1-2H3,(H,28,29). The van der Waals surface area contributed by atoms with E-state index in [0.717, 1.165) is 86.9 Å². The maximum atomic E-state index is 14.0. The first-order chi connectivity index (χ1) is 16.6. The van der Waals surface area contributed by atoms with Gasteiger partial charge in [0.25, 0.3) is 0 Å². The van der Waals surface area contributed by atoms with Crippen LogP contribution in [0.15, 0.2) is 36.5 Å². The largest absolute Gasteiger partial charge is 0.378 e. The first-order valence-electron chi connectivity index (χ1n) is 12.8. The molecule has 0 spiro atoms. The van der Waals surface area contributed by atoms with E-state index in [9.17, 15) is 4.79 Å². The molecule has 3 aliphatic rings. The highest BCUT2D eigenvalue weighted by Crippen LogP contribution is 2.40. The summed E-state index contributed by atoms with van der Waals surface area (Å²) in [6, 6.07) is 10.4. The van der Waals surface area contributed by atoms with Gasteiger partial charge >= 0.3 is 0 Å². The lowest BCUT2D eigenvalue weighted by molar-refractivity contribution is -0.124. The van der Waals surface area contributed by atoms with Crippen molar-refractivity contribution in [3.63, 3.8) is 0 Å². The Bertz CT molecular complexity index is 999. The summed E-state index contributed by atoms with van der Waals surface area (Å²) in [6.07, 6.45) is 7.03. The maximum absolute atomic E-state index is 14.0. The van der Waals surface area contributed by atoms with Crippen LogP contribution in [0.5, 0.6) is 0 Å². The molecule has 1 N–H and O–H groups in total. The van der Waals surface area contributed by atoms with E-state index in [0.29, 0.717) is 6.54 Å². The van der Waals surface area contributed by atoms with Crippen LogP contribution in [0.4, 0.5) is 22.9 Å². The molecule has 1 unspecified atom stereocenters. The smallest absolute Gasteiger partial charge is 0.230 e. The molecule has 7 nitrogen and oxygen atoms in total. The fraction of sp³-hybridized carbons (Fsp3) is 0.556. The molecule has 7 heteroatoms. The van der Waals surface area contributed by atoms with Crippen LogP contribution in [-0.4, -0.2) is 49.4 Å². The number of benzene rings is 1. The Labute approximate surface area is 202 Å². The second-order valence-corrected chi connectivity index (χ2v) is 9.69. The molecule has 2 fully saturated rings. The van der Waals surface area contributed by atoms with Crippen molar-refractivity contribution in [1.82, 2.24) is 4.98 Å². The molecule has 1 atom stereocenters. The molecule has 1 aliphatic carbocycles. The Morgan fingerprint density at radius 1 is 1.21 bits per heavy atom. The van der Waals surface area contributed by atoms with E-state index in [1.165, 1.54) is 0 Å². The van der Waals surface area contributed by atoms with Gasteiger partial charge in [-0.15, -0.1) is 0 Å². The van der Waals surface area contributed by atoms with Crippen LogP contribution >= 0.6 is 0 Å². The molecule has 1 aromatic carbocycles. The molecular formula is C27H36N4O3. The first-order valence-corrected chi connectivity index (χ1v) is 12.8. The number of pyridine rings is 1. The molecule has 1 amide bonds. The van der Waals surface area contributed by atoms with Gasteiger partial charge in [-0.3, -0.25) is 4.79 Å². The lowest BCUT2D eigenvalue weighted by Gasteiger charge is -2.34. The number of amides is 1. The van der Waals surface area contributed by atoms with E-state index in [-0.39, 0.29) is 24.0 Å². The summed E-state index contributed by atoms with van der Waals surface area (Å²) in [4.78, 5) is 22.8. The van der Waals surface area contributed by atoms with E-state index in [2.05, 4.69) is 53.3 Å². The number of morpholine rings is 1. The van der Waals surface area contributed by atoms with E-state index in [4.69, 9.17) is 9.47 Å². The minimum atomic E-state index is 0.0231. The lowest BCUT2D eigenvalue weighted by atomic mass is 9.86. The highest BCUT2D eigenvalue weighted by atomic mass is 16.5. The number of fused-ring (bicyclic) bond motifs is 2. The second-order valence-electron chi connectivity index (χ2n) is 9.69. The van der Waals surface area contributed by atoms with E-state index in [1.54, 1.807) is 6.20 Å². The topological polar surface area (TPSA) is 66.9 Å². The van der Waals surface area contributed by atoms with Gasteiger partial charge in [-0.1, -0.05) is 13.0 Å². The number of hydrogen-bond donors (Lipinski definition) is 1. The predicted molar refractivity (Wildman–Crippen MR) is 135 cm³/mol. The number of rotatable bonds is 5. The second kappa shape index (κ2) is 10.3. The van der Waals surface area contributed by atoms with E-state index < -0.39 is 0 Å². The minimum absolute atomic E-state index is 0.0231. The van der Waals surface area contributed by atoms with Crippen LogP contribution in [0.3, 0.4) is 0 Å². The van der Waals surface area contributed by atoms with Crippen LogP contribution in [-0.2, 0) is 20.8 Å². The number of carbonyl (C=O) groups excluding carboxylic acids is 1. The predicted octanol–water partition coefficient (Wildman–Crippen LogP) is 4.88. The molecule has 1 aromatic heterocycles. The number of aromatic nitrogens is 1. The molecule has 0 bridgehead atoms. The third kappa shape index (κ3) is 4.91. The zero-order valence-electron chi connectivity index (χ0n) is 20.3. The fourth-order valence-electron chi connectivity index (χ4n) is 5.22. The minimum Gasteiger partial charge on any atom is -0.378 e. The van der Waals surface area contributed by atoms with Crippen molar-refractivity contribution in [3.05, 3.63) is 42.1 Å². The van der Waals surface area contributed by atoms with Gasteiger partial charge in [-0.2, -0.15) is 0 Å². The first kappa shape index (κ1) is 23.1. The van der Waals surface area contributed by atoms with Crippen molar-refractivity contribution in [2.45, 2.75) is 64.7 Å². The van der Waals surface area contributed by atoms with Gasteiger partial charge in [0.1, 0.15) is 5.82 Å². The van der Waals surface area contributed by atoms with Crippen LogP contribution in [0, 0.1) is 5.92 Å². The molecule has 1 saturated carbocycles. The Morgan fingerprint density at radius 2 is 2.00 bits per heavy atom. The molecule has 34 heavy (non-hydrogen) atoms. The number of carbonyl (C=O) groups is 1. The molecule has 182 valence electrons. The van der Waals surface area contributed by atoms with Crippen molar-refractivity contribution in [3.8, 4) is 0 Å². The summed E-state index contributed by atoms with van der Waals surface area (Å²) in [6.45, 7) is 8.01. The van der Waals surface area contributed by atoms with Gasteiger partial charge in [0.15, 0.2) is 0 Å². The van der Waals surface area contributed by atoms with Crippen molar-refractivity contribution >= 4 is 28.8 Å². The summed E-state index contributed by atoms with van der Waals surface area (Å²) >= 11 is 0. The zero-order chi connectivity index (χ0) is 23.5. The Morgan fingerprint density at radius 3 is 2.76 bits per heavy atom. The van der Waals surface area contributed by atoms with Crippen LogP contribution in [0.1, 0.15) is 51.5 Å². The van der Waals surface area contributed by atoms with Crippen molar-refractivity contribution in [2.24, 2.45) is 5.92 Å². The monoisotopic (exact) mass is 464 g/mol. The summed E-state index contributed by atoms with van der Waals surface area (Å²) in [5.41, 5.74) is 4.03. The normalized spacial score (nSPS) is 23.4. The highest BCUT2D eigenvalue weighted by Gasteiger charge is 2.33. The van der Waals surface area contributed by atoms with Gasteiger partial charge in [0.05, 0.1) is 43.3 Å². The summed E-state index contributed by atoms with van der Waals surface area (Å²) in [7, 11) is 0. The average molecular weight is 465 g/mol. The van der Waals surface area contributed by atoms with Crippen LogP contribution < -0.4 is 15.1 Å². The molecule has 3 heterocycles. The molecule has 5 rings (SSSR count). The SMILES string of the molecule is CCC(C)OC1CCC(C(=O)N2Cc3cccnc3Nc3ccc(N4CCOCC4)cc32)CC1. The molecule has 2 aliphatic heterocycles. The Hall–Kier alpha value is -2.64. The van der Waals surface area contributed by atoms with Crippen molar-refractivity contribution in [2.75, 3.05) is 41.4 Å². The quantitative estimate of drug-likeness (QED) is 0.680. The molecular weight excluding hydrogens is 428 g/mol. The summed E-state index contributed by atoms with van der Waals surface area (Å²) in [5, 5.41) is 3.49. The molecule has 2 aromatic rings. The van der Waals surface area contributed by atoms with E-state index >= 15 is 0 Å². The highest BCUT2D eigenvalue weighted by molar-refractivity contribution is 6.00. The van der Waals surface area contributed by atoms with Gasteiger partial charge in [0, 0.05) is 36.5 Å². The number of ether oxygens (including phenoxy) is 2. The zero-order valence-corrected chi connectivity index (χ0v) is 20.3. The van der Waals surface area contributed by atoms with E-state index in [1.807, 2.05) is 11.0 Å². The van der Waals surface area contributed by atoms with Crippen LogP contribution in [0.2, 0.25) is 0 Å². The Kier molecular flexibility index (Phi) is 7.02. The molecule has 1 saturated heterocycles. The third-order valence-corrected chi connectivity index (χ3v) is 7.41. The third-order valence-electron chi connectivity index (χ3n) is 7.41. The Balaban J connectivity index is 1.41. The number of hydrogen-bond acceptors (Lipinski definition) is 6. The molecule has 0 radical (unpaired) electrons. The van der Waals surface area contributed by atoms with Gasteiger partial charge < -0.3 is 24.6 Å². The van der Waals surface area contributed by atoms with Crippen molar-refractivity contribution < 1.29 is 14.3 Å². The van der Waals surface area contributed by atoms with Crippen LogP contribution in [0.25, 0.3) is 0 Å².